The summed E-state index contributed by atoms with van der Waals surface area (Å²) in [5.74, 6) is 2.50. The highest BCUT2D eigenvalue weighted by atomic mass is 35.5. The lowest BCUT2D eigenvalue weighted by Crippen LogP contribution is -2.16. The fourth-order valence-corrected chi connectivity index (χ4v) is 3.51. The lowest BCUT2D eigenvalue weighted by atomic mass is 9.93. The number of methoxy groups -OCH3 is 1. The monoisotopic (exact) mass is 188 g/mol. The SMILES string of the molecule is COC[C@@H]1CC[C@H]2[C@@H]1CC[C@@H]2Cl. The van der Waals surface area contributed by atoms with Gasteiger partial charge >= 0.3 is 0 Å². The van der Waals surface area contributed by atoms with E-state index in [1.54, 1.807) is 7.11 Å². The van der Waals surface area contributed by atoms with Crippen molar-refractivity contribution in [3.05, 3.63) is 0 Å². The average molecular weight is 189 g/mol. The molecule has 2 aliphatic carbocycles. The maximum atomic E-state index is 6.24. The average Bonchev–Trinajstić information content (AvgIpc) is 2.58. The van der Waals surface area contributed by atoms with Gasteiger partial charge in [-0.15, -0.1) is 11.6 Å². The molecule has 0 aromatic carbocycles. The molecule has 2 saturated carbocycles. The van der Waals surface area contributed by atoms with Crippen molar-refractivity contribution in [1.82, 2.24) is 0 Å². The Morgan fingerprint density at radius 1 is 1.17 bits per heavy atom. The molecule has 4 atom stereocenters. The number of hydrogen-bond donors (Lipinski definition) is 0. The predicted octanol–water partition coefficient (Wildman–Crippen LogP) is 2.68. The largest absolute Gasteiger partial charge is 0.384 e. The second-order valence-corrected chi connectivity index (χ2v) is 4.77. The molecule has 2 aliphatic rings. The lowest BCUT2D eigenvalue weighted by molar-refractivity contribution is 0.129. The van der Waals surface area contributed by atoms with Crippen LogP contribution in [-0.2, 0) is 4.74 Å². The summed E-state index contributed by atoms with van der Waals surface area (Å²) < 4.78 is 5.23. The first kappa shape index (κ1) is 8.83. The van der Waals surface area contributed by atoms with Gasteiger partial charge < -0.3 is 4.74 Å². The van der Waals surface area contributed by atoms with Crippen molar-refractivity contribution in [1.29, 1.82) is 0 Å². The van der Waals surface area contributed by atoms with E-state index in [4.69, 9.17) is 16.3 Å². The Bertz CT molecular complexity index is 160. The quantitative estimate of drug-likeness (QED) is 0.606. The Hall–Kier alpha value is 0.250. The molecule has 0 bridgehead atoms. The fourth-order valence-electron chi connectivity index (χ4n) is 3.07. The molecular formula is C10H17ClO. The van der Waals surface area contributed by atoms with Gasteiger partial charge in [-0.1, -0.05) is 0 Å². The third-order valence-corrected chi connectivity index (χ3v) is 4.19. The lowest BCUT2D eigenvalue weighted by Gasteiger charge is -2.17. The molecule has 2 heteroatoms. The Morgan fingerprint density at radius 3 is 2.67 bits per heavy atom. The van der Waals surface area contributed by atoms with Crippen LogP contribution in [-0.4, -0.2) is 19.1 Å². The fraction of sp³-hybridized carbons (Fsp3) is 1.00. The Labute approximate surface area is 79.4 Å². The van der Waals surface area contributed by atoms with Crippen LogP contribution in [0.4, 0.5) is 0 Å². The summed E-state index contributed by atoms with van der Waals surface area (Å²) in [6.07, 6.45) is 5.25. The van der Waals surface area contributed by atoms with Crippen LogP contribution < -0.4 is 0 Å². The van der Waals surface area contributed by atoms with Gasteiger partial charge in [0, 0.05) is 19.1 Å². The number of fused-ring (bicyclic) bond motifs is 1. The predicted molar refractivity (Wildman–Crippen MR) is 50.5 cm³/mol. The first-order valence-electron chi connectivity index (χ1n) is 4.96. The number of hydrogen-bond acceptors (Lipinski definition) is 1. The van der Waals surface area contributed by atoms with Gasteiger partial charge in [-0.3, -0.25) is 0 Å². The van der Waals surface area contributed by atoms with E-state index in [2.05, 4.69) is 0 Å². The third-order valence-electron chi connectivity index (χ3n) is 3.65. The van der Waals surface area contributed by atoms with Gasteiger partial charge in [-0.25, -0.2) is 0 Å². The number of halogens is 1. The normalized spacial score (nSPS) is 46.5. The second-order valence-electron chi connectivity index (χ2n) is 4.21. The van der Waals surface area contributed by atoms with E-state index in [-0.39, 0.29) is 0 Å². The molecule has 2 fully saturated rings. The molecule has 1 nitrogen and oxygen atoms in total. The number of ether oxygens (including phenoxy) is 1. The number of alkyl halides is 1. The molecule has 0 N–H and O–H groups in total. The minimum atomic E-state index is 0.469. The van der Waals surface area contributed by atoms with Crippen molar-refractivity contribution in [2.45, 2.75) is 31.1 Å². The Kier molecular flexibility index (Phi) is 2.61. The van der Waals surface area contributed by atoms with Crippen molar-refractivity contribution in [3.8, 4) is 0 Å². The van der Waals surface area contributed by atoms with E-state index in [9.17, 15) is 0 Å². The van der Waals surface area contributed by atoms with Gasteiger partial charge in [0.15, 0.2) is 0 Å². The topological polar surface area (TPSA) is 9.23 Å². The highest BCUT2D eigenvalue weighted by molar-refractivity contribution is 6.21. The van der Waals surface area contributed by atoms with E-state index in [0.717, 1.165) is 24.4 Å². The molecule has 0 aromatic rings. The molecule has 0 radical (unpaired) electrons. The van der Waals surface area contributed by atoms with Crippen molar-refractivity contribution in [2.75, 3.05) is 13.7 Å². The molecule has 0 aliphatic heterocycles. The first-order chi connectivity index (χ1) is 5.83. The van der Waals surface area contributed by atoms with Crippen molar-refractivity contribution in [2.24, 2.45) is 17.8 Å². The molecule has 0 unspecified atom stereocenters. The molecule has 12 heavy (non-hydrogen) atoms. The van der Waals surface area contributed by atoms with Crippen LogP contribution in [0.2, 0.25) is 0 Å². The van der Waals surface area contributed by atoms with E-state index >= 15 is 0 Å². The van der Waals surface area contributed by atoms with E-state index in [0.29, 0.717) is 5.38 Å². The Balaban J connectivity index is 1.96. The van der Waals surface area contributed by atoms with Crippen molar-refractivity contribution in [3.63, 3.8) is 0 Å². The van der Waals surface area contributed by atoms with E-state index in [1.807, 2.05) is 0 Å². The van der Waals surface area contributed by atoms with Crippen LogP contribution in [0, 0.1) is 17.8 Å². The molecule has 0 spiro atoms. The van der Waals surface area contributed by atoms with E-state index < -0.39 is 0 Å². The summed E-state index contributed by atoms with van der Waals surface area (Å²) in [4.78, 5) is 0. The van der Waals surface area contributed by atoms with Crippen LogP contribution in [0.25, 0.3) is 0 Å². The summed E-state index contributed by atoms with van der Waals surface area (Å²) in [5, 5.41) is 0.469. The third kappa shape index (κ3) is 1.38. The second kappa shape index (κ2) is 3.55. The van der Waals surface area contributed by atoms with Crippen LogP contribution in [0.1, 0.15) is 25.7 Å². The molecule has 2 rings (SSSR count). The zero-order chi connectivity index (χ0) is 8.55. The highest BCUT2D eigenvalue weighted by Crippen LogP contribution is 2.49. The van der Waals surface area contributed by atoms with Crippen LogP contribution in [0.3, 0.4) is 0 Å². The zero-order valence-corrected chi connectivity index (χ0v) is 8.39. The summed E-state index contributed by atoms with van der Waals surface area (Å²) in [7, 11) is 1.81. The molecule has 0 saturated heterocycles. The Morgan fingerprint density at radius 2 is 1.92 bits per heavy atom. The van der Waals surface area contributed by atoms with Gasteiger partial charge in [0.05, 0.1) is 0 Å². The van der Waals surface area contributed by atoms with Crippen LogP contribution in [0.5, 0.6) is 0 Å². The maximum absolute atomic E-state index is 6.24. The molecule has 70 valence electrons. The van der Waals surface area contributed by atoms with Gasteiger partial charge in [0.25, 0.3) is 0 Å². The van der Waals surface area contributed by atoms with Crippen LogP contribution in [0.15, 0.2) is 0 Å². The highest BCUT2D eigenvalue weighted by Gasteiger charge is 2.43. The minimum Gasteiger partial charge on any atom is -0.384 e. The van der Waals surface area contributed by atoms with Crippen molar-refractivity contribution >= 4 is 11.6 Å². The minimum absolute atomic E-state index is 0.469. The van der Waals surface area contributed by atoms with Gasteiger partial charge in [0.2, 0.25) is 0 Å². The van der Waals surface area contributed by atoms with Crippen LogP contribution >= 0.6 is 11.6 Å². The maximum Gasteiger partial charge on any atom is 0.0493 e. The molecular weight excluding hydrogens is 172 g/mol. The van der Waals surface area contributed by atoms with Gasteiger partial charge in [-0.05, 0) is 43.4 Å². The standard InChI is InChI=1S/C10H17ClO/c1-12-6-7-2-3-9-8(7)4-5-10(9)11/h7-10H,2-6H2,1H3/t7-,8+,9-,10-/m0/s1. The van der Waals surface area contributed by atoms with E-state index in [1.165, 1.54) is 25.7 Å². The smallest absolute Gasteiger partial charge is 0.0493 e. The van der Waals surface area contributed by atoms with Gasteiger partial charge in [-0.2, -0.15) is 0 Å². The summed E-state index contributed by atoms with van der Waals surface area (Å²) in [5.41, 5.74) is 0. The van der Waals surface area contributed by atoms with Crippen molar-refractivity contribution < 1.29 is 4.74 Å². The molecule has 0 amide bonds. The first-order valence-corrected chi connectivity index (χ1v) is 5.39. The molecule has 0 aromatic heterocycles. The molecule has 0 heterocycles. The zero-order valence-electron chi connectivity index (χ0n) is 7.63. The summed E-state index contributed by atoms with van der Waals surface area (Å²) in [6, 6.07) is 0. The summed E-state index contributed by atoms with van der Waals surface area (Å²) in [6.45, 7) is 0.949. The van der Waals surface area contributed by atoms with Gasteiger partial charge in [0.1, 0.15) is 0 Å². The number of rotatable bonds is 2. The summed E-state index contributed by atoms with van der Waals surface area (Å²) >= 11 is 6.24.